The maximum atomic E-state index is 9.24. The number of aryl methyl sites for hydroxylation is 1. The molecule has 3 nitrogen and oxygen atoms in total. The smallest absolute Gasteiger partial charge is 0.0518 e. The van der Waals surface area contributed by atoms with Crippen molar-refractivity contribution in [2.75, 3.05) is 6.61 Å². The van der Waals surface area contributed by atoms with Gasteiger partial charge in [0.25, 0.3) is 0 Å². The van der Waals surface area contributed by atoms with Gasteiger partial charge in [-0.15, -0.1) is 0 Å². The molecule has 1 N–H and O–H groups in total. The summed E-state index contributed by atoms with van der Waals surface area (Å²) >= 11 is 0. The second kappa shape index (κ2) is 5.28. The molecule has 1 heterocycles. The van der Waals surface area contributed by atoms with Crippen LogP contribution < -0.4 is 0 Å². The van der Waals surface area contributed by atoms with E-state index in [1.807, 2.05) is 6.20 Å². The molecular weight excluding hydrogens is 236 g/mol. The van der Waals surface area contributed by atoms with Gasteiger partial charge in [-0.25, -0.2) is 0 Å². The van der Waals surface area contributed by atoms with Crippen LogP contribution in [0.5, 0.6) is 0 Å². The van der Waals surface area contributed by atoms with Gasteiger partial charge in [-0.3, -0.25) is 4.68 Å². The fourth-order valence-electron chi connectivity index (χ4n) is 4.64. The van der Waals surface area contributed by atoms with Crippen molar-refractivity contribution < 1.29 is 5.11 Å². The highest BCUT2D eigenvalue weighted by atomic mass is 16.3. The third-order valence-corrected chi connectivity index (χ3v) is 5.23. The zero-order valence-corrected chi connectivity index (χ0v) is 12.0. The van der Waals surface area contributed by atoms with Crippen LogP contribution in [0.25, 0.3) is 0 Å². The van der Waals surface area contributed by atoms with Crippen molar-refractivity contribution in [1.29, 1.82) is 0 Å². The van der Waals surface area contributed by atoms with Crippen molar-refractivity contribution in [3.8, 4) is 0 Å². The third kappa shape index (κ3) is 2.86. The molecule has 0 spiro atoms. The molecule has 2 aliphatic carbocycles. The lowest BCUT2D eigenvalue weighted by atomic mass is 9.58. The van der Waals surface area contributed by atoms with Crippen LogP contribution in [0, 0.1) is 24.2 Å². The van der Waals surface area contributed by atoms with Gasteiger partial charge >= 0.3 is 0 Å². The monoisotopic (exact) mass is 262 g/mol. The number of rotatable bonds is 4. The van der Waals surface area contributed by atoms with Gasteiger partial charge in [-0.2, -0.15) is 5.10 Å². The largest absolute Gasteiger partial charge is 0.396 e. The minimum absolute atomic E-state index is 0.356. The van der Waals surface area contributed by atoms with Gasteiger partial charge in [0.05, 0.1) is 6.20 Å². The molecule has 19 heavy (non-hydrogen) atoms. The maximum Gasteiger partial charge on any atom is 0.0518 e. The summed E-state index contributed by atoms with van der Waals surface area (Å²) in [5.74, 6) is 1.64. The first-order valence-corrected chi connectivity index (χ1v) is 7.79. The van der Waals surface area contributed by atoms with E-state index in [0.717, 1.165) is 24.8 Å². The number of aliphatic hydroxyl groups excluding tert-OH is 1. The number of aliphatic hydroxyl groups is 1. The third-order valence-electron chi connectivity index (χ3n) is 5.23. The van der Waals surface area contributed by atoms with Gasteiger partial charge in [0, 0.05) is 19.3 Å². The average molecular weight is 262 g/mol. The van der Waals surface area contributed by atoms with Crippen molar-refractivity contribution in [2.45, 2.75) is 58.4 Å². The summed E-state index contributed by atoms with van der Waals surface area (Å²) in [6.07, 6.45) is 13.3. The van der Waals surface area contributed by atoms with Gasteiger partial charge in [0.1, 0.15) is 0 Å². The Balaban J connectivity index is 1.75. The van der Waals surface area contributed by atoms with Crippen LogP contribution in [0.4, 0.5) is 0 Å². The van der Waals surface area contributed by atoms with Gasteiger partial charge in [-0.05, 0) is 61.8 Å². The van der Waals surface area contributed by atoms with Crippen molar-refractivity contribution >= 4 is 0 Å². The van der Waals surface area contributed by atoms with Crippen LogP contribution in [0.2, 0.25) is 0 Å². The van der Waals surface area contributed by atoms with Gasteiger partial charge in [0.2, 0.25) is 0 Å². The Kier molecular flexibility index (Phi) is 3.66. The molecule has 0 aliphatic heterocycles. The van der Waals surface area contributed by atoms with Crippen LogP contribution in [0.3, 0.4) is 0 Å². The summed E-state index contributed by atoms with van der Waals surface area (Å²) in [6.45, 7) is 3.55. The first-order chi connectivity index (χ1) is 9.19. The lowest BCUT2D eigenvalue weighted by molar-refractivity contribution is 0.0146. The quantitative estimate of drug-likeness (QED) is 0.905. The van der Waals surface area contributed by atoms with Crippen LogP contribution in [0.15, 0.2) is 12.4 Å². The van der Waals surface area contributed by atoms with Crippen LogP contribution >= 0.6 is 0 Å². The number of hydrogen-bond acceptors (Lipinski definition) is 2. The highest BCUT2D eigenvalue weighted by Gasteiger charge is 2.43. The van der Waals surface area contributed by atoms with Crippen LogP contribution in [-0.4, -0.2) is 21.5 Å². The first kappa shape index (κ1) is 13.2. The minimum Gasteiger partial charge on any atom is -0.396 e. The van der Waals surface area contributed by atoms with E-state index in [9.17, 15) is 5.11 Å². The highest BCUT2D eigenvalue weighted by Crippen LogP contribution is 2.52. The topological polar surface area (TPSA) is 38.0 Å². The zero-order valence-electron chi connectivity index (χ0n) is 12.0. The van der Waals surface area contributed by atoms with E-state index in [2.05, 4.69) is 22.9 Å². The number of aromatic nitrogens is 2. The van der Waals surface area contributed by atoms with Crippen molar-refractivity contribution in [3.63, 3.8) is 0 Å². The maximum absolute atomic E-state index is 9.24. The second-order valence-electron chi connectivity index (χ2n) is 7.00. The molecule has 1 aromatic rings. The SMILES string of the molecule is Cc1cnn(CC23CCCC(CC(CCO)C2)C3)c1. The van der Waals surface area contributed by atoms with E-state index in [-0.39, 0.29) is 0 Å². The Morgan fingerprint density at radius 3 is 3.11 bits per heavy atom. The molecule has 3 unspecified atom stereocenters. The summed E-state index contributed by atoms with van der Waals surface area (Å²) in [6, 6.07) is 0. The van der Waals surface area contributed by atoms with Gasteiger partial charge < -0.3 is 5.11 Å². The predicted molar refractivity (Wildman–Crippen MR) is 75.8 cm³/mol. The Labute approximate surface area is 116 Å². The van der Waals surface area contributed by atoms with Crippen molar-refractivity contribution in [1.82, 2.24) is 9.78 Å². The number of nitrogens with zero attached hydrogens (tertiary/aromatic N) is 2. The predicted octanol–water partition coefficient (Wildman–Crippen LogP) is 3.16. The summed E-state index contributed by atoms with van der Waals surface area (Å²) in [4.78, 5) is 0. The molecule has 2 aliphatic rings. The highest BCUT2D eigenvalue weighted by molar-refractivity contribution is 5.01. The normalized spacial score (nSPS) is 34.4. The van der Waals surface area contributed by atoms with Crippen LogP contribution in [-0.2, 0) is 6.54 Å². The average Bonchev–Trinajstić information content (AvgIpc) is 2.74. The Hall–Kier alpha value is -0.830. The van der Waals surface area contributed by atoms with E-state index in [4.69, 9.17) is 0 Å². The Morgan fingerprint density at radius 2 is 2.37 bits per heavy atom. The summed E-state index contributed by atoms with van der Waals surface area (Å²) < 4.78 is 2.15. The summed E-state index contributed by atoms with van der Waals surface area (Å²) in [7, 11) is 0. The van der Waals surface area contributed by atoms with E-state index in [0.29, 0.717) is 12.0 Å². The molecule has 1 aromatic heterocycles. The fourth-order valence-corrected chi connectivity index (χ4v) is 4.64. The lowest BCUT2D eigenvalue weighted by Crippen LogP contribution is -2.40. The Bertz CT molecular complexity index is 428. The molecule has 2 bridgehead atoms. The molecule has 106 valence electrons. The molecule has 2 fully saturated rings. The molecule has 0 aromatic carbocycles. The van der Waals surface area contributed by atoms with Gasteiger partial charge in [-0.1, -0.05) is 12.8 Å². The molecule has 3 atom stereocenters. The standard InChI is InChI=1S/C16H26N2O/c1-13-10-17-18(11-13)12-16-5-2-3-14(8-16)7-15(9-16)4-6-19/h10-11,14-15,19H,2-9,12H2,1H3. The van der Waals surface area contributed by atoms with E-state index >= 15 is 0 Å². The van der Waals surface area contributed by atoms with Gasteiger partial charge in [0.15, 0.2) is 0 Å². The summed E-state index contributed by atoms with van der Waals surface area (Å²) in [5.41, 5.74) is 1.71. The second-order valence-corrected chi connectivity index (χ2v) is 7.00. The molecule has 0 amide bonds. The molecule has 0 saturated heterocycles. The number of hydrogen-bond donors (Lipinski definition) is 1. The molecular formula is C16H26N2O. The molecule has 2 saturated carbocycles. The van der Waals surface area contributed by atoms with Crippen molar-refractivity contribution in [3.05, 3.63) is 18.0 Å². The number of fused-ring (bicyclic) bond motifs is 2. The first-order valence-electron chi connectivity index (χ1n) is 7.79. The van der Waals surface area contributed by atoms with Crippen molar-refractivity contribution in [2.24, 2.45) is 17.3 Å². The molecule has 3 rings (SSSR count). The Morgan fingerprint density at radius 1 is 1.47 bits per heavy atom. The lowest BCUT2D eigenvalue weighted by Gasteiger charge is -2.48. The van der Waals surface area contributed by atoms with E-state index in [1.54, 1.807) is 0 Å². The van der Waals surface area contributed by atoms with Crippen LogP contribution in [0.1, 0.15) is 50.5 Å². The minimum atomic E-state index is 0.356. The zero-order chi connectivity index (χ0) is 13.3. The molecule has 3 heteroatoms. The fraction of sp³-hybridized carbons (Fsp3) is 0.812. The van der Waals surface area contributed by atoms with E-state index in [1.165, 1.54) is 44.1 Å². The van der Waals surface area contributed by atoms with E-state index < -0.39 is 0 Å². The summed E-state index contributed by atoms with van der Waals surface area (Å²) in [5, 5.41) is 13.7. The molecule has 0 radical (unpaired) electrons.